The Labute approximate surface area is 175 Å². The molecule has 0 atom stereocenters. The van der Waals surface area contributed by atoms with E-state index in [1.807, 2.05) is 90.1 Å². The fourth-order valence-corrected chi connectivity index (χ4v) is 3.90. The van der Waals surface area contributed by atoms with Crippen molar-refractivity contribution in [2.24, 2.45) is 0 Å². The largest absolute Gasteiger partial charge is 0.623 e. The topological polar surface area (TPSA) is 52.1 Å². The molecule has 0 aliphatic carbocycles. The summed E-state index contributed by atoms with van der Waals surface area (Å²) < 4.78 is 1.95. The normalized spacial score (nSPS) is 13.6. The Balaban J connectivity index is 1.97. The molecule has 0 spiro atoms. The van der Waals surface area contributed by atoms with Crippen molar-refractivity contribution in [3.63, 3.8) is 0 Å². The molecule has 0 saturated heterocycles. The lowest BCUT2D eigenvalue weighted by atomic mass is 10.1. The van der Waals surface area contributed by atoms with Crippen LogP contribution in [0.3, 0.4) is 0 Å². The SMILES string of the molecule is CC(C)(C)/[N+]([O-])=C/c1ccc(SSc2ccc(/C=[N+](\[O-])C(C)(C)C)cc2)cc1. The lowest BCUT2D eigenvalue weighted by Gasteiger charge is -2.18. The minimum absolute atomic E-state index is 0.442. The van der Waals surface area contributed by atoms with Crippen molar-refractivity contribution in [3.8, 4) is 0 Å². The van der Waals surface area contributed by atoms with Gasteiger partial charge in [-0.2, -0.15) is 0 Å². The Kier molecular flexibility index (Phi) is 7.23. The van der Waals surface area contributed by atoms with E-state index >= 15 is 0 Å². The Hall–Kier alpha value is -1.92. The molecule has 2 aromatic rings. The second-order valence-electron chi connectivity index (χ2n) is 8.56. The summed E-state index contributed by atoms with van der Waals surface area (Å²) >= 11 is 0. The molecule has 2 rings (SSSR count). The van der Waals surface area contributed by atoms with Gasteiger partial charge in [-0.05, 0) is 48.5 Å². The smallest absolute Gasteiger partial charge is 0.182 e. The first kappa shape index (κ1) is 22.4. The molecular weight excluding hydrogens is 388 g/mol. The molecule has 0 unspecified atom stereocenters. The molecule has 4 nitrogen and oxygen atoms in total. The first-order valence-corrected chi connectivity index (χ1v) is 11.3. The third-order valence-electron chi connectivity index (χ3n) is 3.85. The highest BCUT2D eigenvalue weighted by Gasteiger charge is 2.18. The maximum Gasteiger partial charge on any atom is 0.182 e. The maximum atomic E-state index is 12.0. The van der Waals surface area contributed by atoms with E-state index in [2.05, 4.69) is 0 Å². The van der Waals surface area contributed by atoms with Crippen LogP contribution in [-0.2, 0) is 0 Å². The van der Waals surface area contributed by atoms with Gasteiger partial charge in [-0.25, -0.2) is 9.48 Å². The van der Waals surface area contributed by atoms with Crippen molar-refractivity contribution in [2.45, 2.75) is 62.4 Å². The zero-order chi connectivity index (χ0) is 20.9. The third-order valence-corrected chi connectivity index (χ3v) is 6.27. The molecule has 0 saturated carbocycles. The molecule has 0 fully saturated rings. The summed E-state index contributed by atoms with van der Waals surface area (Å²) in [5, 5.41) is 24.0. The van der Waals surface area contributed by atoms with Gasteiger partial charge in [-0.15, -0.1) is 0 Å². The predicted molar refractivity (Wildman–Crippen MR) is 122 cm³/mol. The molecule has 0 bridgehead atoms. The van der Waals surface area contributed by atoms with E-state index in [1.165, 1.54) is 0 Å². The van der Waals surface area contributed by atoms with Crippen LogP contribution in [0.1, 0.15) is 52.7 Å². The van der Waals surface area contributed by atoms with Crippen LogP contribution in [0, 0.1) is 10.4 Å². The summed E-state index contributed by atoms with van der Waals surface area (Å²) in [6.45, 7) is 11.3. The van der Waals surface area contributed by atoms with Crippen molar-refractivity contribution >= 4 is 34.0 Å². The maximum absolute atomic E-state index is 12.0. The summed E-state index contributed by atoms with van der Waals surface area (Å²) in [5.41, 5.74) is 0.895. The van der Waals surface area contributed by atoms with Gasteiger partial charge in [0, 0.05) is 62.5 Å². The van der Waals surface area contributed by atoms with Crippen molar-refractivity contribution in [2.75, 3.05) is 0 Å². The number of hydrogen-bond acceptors (Lipinski definition) is 4. The Morgan fingerprint density at radius 2 is 0.893 bits per heavy atom. The first-order chi connectivity index (χ1) is 12.9. The molecule has 0 aliphatic heterocycles. The molecule has 28 heavy (non-hydrogen) atoms. The second kappa shape index (κ2) is 9.05. The average molecular weight is 417 g/mol. The molecule has 2 aromatic carbocycles. The molecular formula is C22H28N2O2S2. The summed E-state index contributed by atoms with van der Waals surface area (Å²) in [6.07, 6.45) is 3.24. The standard InChI is InChI=1S/C22H28N2O2S2/c1-21(2,3)23(25)15-17-7-11-19(12-8-17)27-28-20-13-9-18(10-14-20)16-24(26)22(4,5)6/h7-16H,1-6H3/b23-15-,24-16-. The Morgan fingerprint density at radius 3 is 1.14 bits per heavy atom. The average Bonchev–Trinajstić information content (AvgIpc) is 2.60. The molecule has 0 amide bonds. The minimum atomic E-state index is -0.442. The summed E-state index contributed by atoms with van der Waals surface area (Å²) in [4.78, 5) is 2.23. The molecule has 150 valence electrons. The van der Waals surface area contributed by atoms with E-state index in [4.69, 9.17) is 0 Å². The van der Waals surface area contributed by atoms with Crippen LogP contribution in [0.2, 0.25) is 0 Å². The van der Waals surface area contributed by atoms with Gasteiger partial charge >= 0.3 is 0 Å². The molecule has 0 heterocycles. The first-order valence-electron chi connectivity index (χ1n) is 9.12. The van der Waals surface area contributed by atoms with Crippen molar-refractivity contribution in [1.29, 1.82) is 0 Å². The second-order valence-corrected chi connectivity index (χ2v) is 10.8. The van der Waals surface area contributed by atoms with E-state index in [0.29, 0.717) is 0 Å². The van der Waals surface area contributed by atoms with Gasteiger partial charge in [0.1, 0.15) is 0 Å². The van der Waals surface area contributed by atoms with Crippen LogP contribution >= 0.6 is 21.6 Å². The lowest BCUT2D eigenvalue weighted by Crippen LogP contribution is -2.29. The van der Waals surface area contributed by atoms with E-state index in [-0.39, 0.29) is 0 Å². The van der Waals surface area contributed by atoms with Gasteiger partial charge in [0.05, 0.1) is 0 Å². The minimum Gasteiger partial charge on any atom is -0.623 e. The summed E-state index contributed by atoms with van der Waals surface area (Å²) in [6, 6.07) is 15.9. The van der Waals surface area contributed by atoms with Crippen LogP contribution in [0.4, 0.5) is 0 Å². The lowest BCUT2D eigenvalue weighted by molar-refractivity contribution is -0.530. The van der Waals surface area contributed by atoms with E-state index in [1.54, 1.807) is 34.0 Å². The van der Waals surface area contributed by atoms with Crippen LogP contribution in [0.15, 0.2) is 58.3 Å². The molecule has 6 heteroatoms. The Morgan fingerprint density at radius 1 is 0.607 bits per heavy atom. The summed E-state index contributed by atoms with van der Waals surface area (Å²) in [5.74, 6) is 0. The van der Waals surface area contributed by atoms with E-state index in [9.17, 15) is 10.4 Å². The highest BCUT2D eigenvalue weighted by Crippen LogP contribution is 2.37. The fraction of sp³-hybridized carbons (Fsp3) is 0.364. The fourth-order valence-electron chi connectivity index (χ4n) is 1.97. The zero-order valence-corrected chi connectivity index (χ0v) is 18.9. The van der Waals surface area contributed by atoms with Crippen molar-refractivity contribution in [1.82, 2.24) is 0 Å². The van der Waals surface area contributed by atoms with Crippen LogP contribution in [0.5, 0.6) is 0 Å². The number of hydrogen-bond donors (Lipinski definition) is 0. The van der Waals surface area contributed by atoms with Crippen molar-refractivity contribution in [3.05, 3.63) is 70.1 Å². The van der Waals surface area contributed by atoms with Crippen molar-refractivity contribution < 1.29 is 9.48 Å². The Bertz CT molecular complexity index is 771. The molecule has 0 aromatic heterocycles. The van der Waals surface area contributed by atoms with Gasteiger partial charge in [0.25, 0.3) is 0 Å². The quantitative estimate of drug-likeness (QED) is 0.199. The molecule has 0 radical (unpaired) electrons. The van der Waals surface area contributed by atoms with Crippen LogP contribution in [0.25, 0.3) is 0 Å². The van der Waals surface area contributed by atoms with Crippen LogP contribution in [-0.4, -0.2) is 33.0 Å². The van der Waals surface area contributed by atoms with Gasteiger partial charge < -0.3 is 10.4 Å². The van der Waals surface area contributed by atoms with Gasteiger partial charge in [-0.3, -0.25) is 0 Å². The molecule has 0 N–H and O–H groups in total. The van der Waals surface area contributed by atoms with Gasteiger partial charge in [0.15, 0.2) is 23.5 Å². The van der Waals surface area contributed by atoms with E-state index in [0.717, 1.165) is 30.4 Å². The van der Waals surface area contributed by atoms with Gasteiger partial charge in [0.2, 0.25) is 0 Å². The van der Waals surface area contributed by atoms with Gasteiger partial charge in [-0.1, -0.05) is 21.6 Å². The predicted octanol–water partition coefficient (Wildman–Crippen LogP) is 5.94. The van der Waals surface area contributed by atoms with E-state index < -0.39 is 11.1 Å². The van der Waals surface area contributed by atoms with Crippen LogP contribution < -0.4 is 0 Å². The number of rotatable bonds is 5. The number of benzene rings is 2. The number of hydroxylamine groups is 2. The zero-order valence-electron chi connectivity index (χ0n) is 17.3. The molecule has 0 aliphatic rings. The number of nitrogens with zero attached hydrogens (tertiary/aromatic N) is 2. The highest BCUT2D eigenvalue weighted by molar-refractivity contribution is 8.76. The third kappa shape index (κ3) is 6.91. The monoisotopic (exact) mass is 416 g/mol. The highest BCUT2D eigenvalue weighted by atomic mass is 33.1. The summed E-state index contributed by atoms with van der Waals surface area (Å²) in [7, 11) is 3.32.